The van der Waals surface area contributed by atoms with Crippen molar-refractivity contribution in [2.45, 2.75) is 24.8 Å². The highest BCUT2D eigenvalue weighted by atomic mass is 32.2. The van der Waals surface area contributed by atoms with E-state index in [0.29, 0.717) is 5.69 Å². The molecule has 3 aromatic rings. The number of carbonyl (C=O) groups excluding carboxylic acids is 1. The molecule has 0 fully saturated rings. The van der Waals surface area contributed by atoms with Gasteiger partial charge in [0.25, 0.3) is 10.0 Å². The number of benzene rings is 3. The van der Waals surface area contributed by atoms with Gasteiger partial charge in [-0.25, -0.2) is 12.8 Å². The first-order chi connectivity index (χ1) is 14.3. The van der Waals surface area contributed by atoms with Gasteiger partial charge in [-0.05, 0) is 55.8 Å². The van der Waals surface area contributed by atoms with Gasteiger partial charge >= 0.3 is 0 Å². The van der Waals surface area contributed by atoms with E-state index < -0.39 is 28.3 Å². The van der Waals surface area contributed by atoms with Crippen LogP contribution in [0.15, 0.2) is 83.8 Å². The van der Waals surface area contributed by atoms with Crippen molar-refractivity contribution in [2.75, 3.05) is 10.8 Å². The molecular weight excluding hydrogens is 403 g/mol. The molecule has 0 unspecified atom stereocenters. The van der Waals surface area contributed by atoms with Crippen LogP contribution < -0.4 is 9.62 Å². The van der Waals surface area contributed by atoms with Crippen molar-refractivity contribution in [1.29, 1.82) is 0 Å². The van der Waals surface area contributed by atoms with Crippen molar-refractivity contribution in [3.8, 4) is 0 Å². The SMILES string of the molecule is Cc1ccc([C@H](C)NC(=O)CN(c2ccccc2)S(=O)(=O)c2ccc(F)cc2)cc1. The van der Waals surface area contributed by atoms with Crippen LogP contribution in [0.2, 0.25) is 0 Å². The molecule has 0 aliphatic heterocycles. The molecule has 0 aliphatic rings. The lowest BCUT2D eigenvalue weighted by molar-refractivity contribution is -0.120. The molecule has 1 N–H and O–H groups in total. The number of hydrogen-bond acceptors (Lipinski definition) is 3. The van der Waals surface area contributed by atoms with E-state index in [1.54, 1.807) is 30.3 Å². The van der Waals surface area contributed by atoms with Gasteiger partial charge in [0.1, 0.15) is 12.4 Å². The molecule has 0 aromatic heterocycles. The molecule has 156 valence electrons. The summed E-state index contributed by atoms with van der Waals surface area (Å²) in [5.74, 6) is -0.984. The molecule has 3 rings (SSSR count). The number of carbonyl (C=O) groups is 1. The molecule has 0 radical (unpaired) electrons. The van der Waals surface area contributed by atoms with Gasteiger partial charge in [0, 0.05) is 0 Å². The number of hydrogen-bond donors (Lipinski definition) is 1. The average molecular weight is 427 g/mol. The second-order valence-electron chi connectivity index (χ2n) is 7.00. The Morgan fingerprint density at radius 2 is 1.57 bits per heavy atom. The van der Waals surface area contributed by atoms with Crippen molar-refractivity contribution in [3.63, 3.8) is 0 Å². The Hall–Kier alpha value is -3.19. The van der Waals surface area contributed by atoms with Gasteiger partial charge in [-0.1, -0.05) is 48.0 Å². The first kappa shape index (κ1) is 21.5. The van der Waals surface area contributed by atoms with E-state index in [1.165, 1.54) is 12.1 Å². The molecule has 3 aromatic carbocycles. The lowest BCUT2D eigenvalue weighted by Gasteiger charge is -2.25. The number of aryl methyl sites for hydroxylation is 1. The van der Waals surface area contributed by atoms with Crippen LogP contribution in [0.25, 0.3) is 0 Å². The zero-order chi connectivity index (χ0) is 21.7. The average Bonchev–Trinajstić information content (AvgIpc) is 2.73. The summed E-state index contributed by atoms with van der Waals surface area (Å²) in [6.45, 7) is 3.41. The number of halogens is 1. The Morgan fingerprint density at radius 1 is 0.967 bits per heavy atom. The van der Waals surface area contributed by atoms with Gasteiger partial charge in [0.15, 0.2) is 0 Å². The van der Waals surface area contributed by atoms with Crippen molar-refractivity contribution in [2.24, 2.45) is 0 Å². The van der Waals surface area contributed by atoms with Gasteiger partial charge in [0.05, 0.1) is 16.6 Å². The fourth-order valence-corrected chi connectivity index (χ4v) is 4.42. The van der Waals surface area contributed by atoms with E-state index in [4.69, 9.17) is 0 Å². The van der Waals surface area contributed by atoms with Crippen LogP contribution in [0.3, 0.4) is 0 Å². The van der Waals surface area contributed by atoms with Crippen LogP contribution in [0.5, 0.6) is 0 Å². The number of nitrogens with zero attached hydrogens (tertiary/aromatic N) is 1. The number of sulfonamides is 1. The zero-order valence-electron chi connectivity index (χ0n) is 16.7. The minimum atomic E-state index is -4.07. The monoisotopic (exact) mass is 426 g/mol. The van der Waals surface area contributed by atoms with Crippen LogP contribution in [0, 0.1) is 12.7 Å². The molecule has 1 atom stereocenters. The lowest BCUT2D eigenvalue weighted by Crippen LogP contribution is -2.41. The standard InChI is InChI=1S/C23H23FN2O3S/c1-17-8-10-19(11-9-17)18(2)25-23(27)16-26(21-6-4-3-5-7-21)30(28,29)22-14-12-20(24)13-15-22/h3-15,18H,16H2,1-2H3,(H,25,27)/t18-/m0/s1. The molecule has 5 nitrogen and oxygen atoms in total. The number of anilines is 1. The number of amides is 1. The Morgan fingerprint density at radius 3 is 2.17 bits per heavy atom. The molecule has 0 saturated carbocycles. The third-order valence-electron chi connectivity index (χ3n) is 4.69. The predicted octanol–water partition coefficient (Wildman–Crippen LogP) is 4.21. The summed E-state index contributed by atoms with van der Waals surface area (Å²) in [5.41, 5.74) is 2.37. The van der Waals surface area contributed by atoms with Crippen LogP contribution in [-0.4, -0.2) is 20.9 Å². The largest absolute Gasteiger partial charge is 0.348 e. The van der Waals surface area contributed by atoms with E-state index in [2.05, 4.69) is 5.32 Å². The molecule has 0 spiro atoms. The molecule has 0 bridgehead atoms. The Balaban J connectivity index is 1.85. The molecule has 30 heavy (non-hydrogen) atoms. The molecule has 1 amide bonds. The van der Waals surface area contributed by atoms with Crippen molar-refractivity contribution in [3.05, 3.63) is 95.8 Å². The molecule has 0 saturated heterocycles. The van der Waals surface area contributed by atoms with Crippen molar-refractivity contribution < 1.29 is 17.6 Å². The van der Waals surface area contributed by atoms with Gasteiger partial charge in [-0.2, -0.15) is 0 Å². The second-order valence-corrected chi connectivity index (χ2v) is 8.86. The van der Waals surface area contributed by atoms with Gasteiger partial charge in [-0.3, -0.25) is 9.10 Å². The van der Waals surface area contributed by atoms with Gasteiger partial charge in [0.2, 0.25) is 5.91 Å². The number of para-hydroxylation sites is 1. The van der Waals surface area contributed by atoms with Gasteiger partial charge in [-0.15, -0.1) is 0 Å². The van der Waals surface area contributed by atoms with E-state index in [1.807, 2.05) is 38.1 Å². The first-order valence-corrected chi connectivity index (χ1v) is 10.9. The minimum absolute atomic E-state index is 0.0906. The van der Waals surface area contributed by atoms with Crippen LogP contribution in [-0.2, 0) is 14.8 Å². The zero-order valence-corrected chi connectivity index (χ0v) is 17.6. The van der Waals surface area contributed by atoms with Crippen molar-refractivity contribution in [1.82, 2.24) is 5.32 Å². The molecule has 7 heteroatoms. The van der Waals surface area contributed by atoms with E-state index in [0.717, 1.165) is 27.6 Å². The minimum Gasteiger partial charge on any atom is -0.348 e. The maximum atomic E-state index is 13.3. The molecule has 0 aliphatic carbocycles. The Labute approximate surface area is 176 Å². The van der Waals surface area contributed by atoms with Crippen LogP contribution in [0.1, 0.15) is 24.1 Å². The highest BCUT2D eigenvalue weighted by Gasteiger charge is 2.27. The predicted molar refractivity (Wildman–Crippen MR) is 115 cm³/mol. The molecular formula is C23H23FN2O3S. The fourth-order valence-electron chi connectivity index (χ4n) is 3.00. The van der Waals surface area contributed by atoms with E-state index in [-0.39, 0.29) is 10.9 Å². The topological polar surface area (TPSA) is 66.5 Å². The maximum absolute atomic E-state index is 13.3. The molecule has 0 heterocycles. The third-order valence-corrected chi connectivity index (χ3v) is 6.48. The number of rotatable bonds is 7. The quantitative estimate of drug-likeness (QED) is 0.616. The smallest absolute Gasteiger partial charge is 0.264 e. The van der Waals surface area contributed by atoms with Gasteiger partial charge < -0.3 is 5.32 Å². The Kier molecular flexibility index (Phi) is 6.52. The van der Waals surface area contributed by atoms with E-state index >= 15 is 0 Å². The fraction of sp³-hybridized carbons (Fsp3) is 0.174. The summed E-state index contributed by atoms with van der Waals surface area (Å²) in [4.78, 5) is 12.6. The Bertz CT molecular complexity index is 1100. The lowest BCUT2D eigenvalue weighted by atomic mass is 10.1. The summed E-state index contributed by atoms with van der Waals surface area (Å²) in [6, 6.07) is 20.3. The normalized spacial score (nSPS) is 12.2. The first-order valence-electron chi connectivity index (χ1n) is 9.46. The summed E-state index contributed by atoms with van der Waals surface area (Å²) in [5, 5.41) is 2.84. The van der Waals surface area contributed by atoms with E-state index in [9.17, 15) is 17.6 Å². The number of nitrogens with one attached hydrogen (secondary N) is 1. The highest BCUT2D eigenvalue weighted by Crippen LogP contribution is 2.24. The van der Waals surface area contributed by atoms with Crippen molar-refractivity contribution >= 4 is 21.6 Å². The third kappa shape index (κ3) is 5.04. The van der Waals surface area contributed by atoms with Crippen LogP contribution >= 0.6 is 0 Å². The maximum Gasteiger partial charge on any atom is 0.264 e. The summed E-state index contributed by atoms with van der Waals surface area (Å²) in [6.07, 6.45) is 0. The summed E-state index contributed by atoms with van der Waals surface area (Å²) < 4.78 is 40.7. The van der Waals surface area contributed by atoms with Crippen LogP contribution in [0.4, 0.5) is 10.1 Å². The highest BCUT2D eigenvalue weighted by molar-refractivity contribution is 7.92. The second kappa shape index (κ2) is 9.09. The summed E-state index contributed by atoms with van der Waals surface area (Å²) in [7, 11) is -4.07. The summed E-state index contributed by atoms with van der Waals surface area (Å²) >= 11 is 0.